The molecule has 1 N–H and O–H groups in total. The van der Waals surface area contributed by atoms with Crippen LogP contribution >= 0.6 is 0 Å². The number of anilines is 1. The molecule has 1 atom stereocenters. The van der Waals surface area contributed by atoms with Gasteiger partial charge >= 0.3 is 0 Å². The molecule has 1 amide bonds. The SMILES string of the molecule is CCOc1ccc(C(=O)C2=C(Nc3ccc(C)cc3)C(=O)N(CCCOC)C2c2ccc(F)cc2)cc1. The monoisotopic (exact) mass is 502 g/mol. The van der Waals surface area contributed by atoms with Crippen LogP contribution < -0.4 is 10.1 Å². The average molecular weight is 503 g/mol. The molecule has 4 rings (SSSR count). The van der Waals surface area contributed by atoms with Crippen molar-refractivity contribution in [2.75, 3.05) is 32.2 Å². The number of hydrogen-bond donors (Lipinski definition) is 1. The topological polar surface area (TPSA) is 67.9 Å². The number of nitrogens with zero attached hydrogens (tertiary/aromatic N) is 1. The molecular formula is C30H31FN2O4. The molecule has 3 aromatic carbocycles. The van der Waals surface area contributed by atoms with Crippen LogP contribution in [0.2, 0.25) is 0 Å². The van der Waals surface area contributed by atoms with Gasteiger partial charge in [-0.2, -0.15) is 0 Å². The summed E-state index contributed by atoms with van der Waals surface area (Å²) >= 11 is 0. The van der Waals surface area contributed by atoms with E-state index in [4.69, 9.17) is 9.47 Å². The zero-order valence-corrected chi connectivity index (χ0v) is 21.3. The van der Waals surface area contributed by atoms with Crippen LogP contribution in [0.15, 0.2) is 84.1 Å². The fourth-order valence-corrected chi connectivity index (χ4v) is 4.43. The molecule has 0 radical (unpaired) electrons. The lowest BCUT2D eigenvalue weighted by Crippen LogP contribution is -2.33. The molecule has 1 aliphatic heterocycles. The van der Waals surface area contributed by atoms with Crippen LogP contribution in [-0.2, 0) is 9.53 Å². The van der Waals surface area contributed by atoms with Gasteiger partial charge in [-0.25, -0.2) is 4.39 Å². The van der Waals surface area contributed by atoms with Crippen LogP contribution in [0, 0.1) is 12.7 Å². The Kier molecular flexibility index (Phi) is 8.36. The van der Waals surface area contributed by atoms with Crippen molar-refractivity contribution in [2.24, 2.45) is 0 Å². The minimum Gasteiger partial charge on any atom is -0.494 e. The second-order valence-corrected chi connectivity index (χ2v) is 8.87. The molecule has 0 aliphatic carbocycles. The smallest absolute Gasteiger partial charge is 0.271 e. The van der Waals surface area contributed by atoms with Crippen LogP contribution in [-0.4, -0.2) is 43.5 Å². The third kappa shape index (κ3) is 5.89. The first-order valence-corrected chi connectivity index (χ1v) is 12.3. The molecule has 0 aromatic heterocycles. The Labute approximate surface area is 216 Å². The number of amides is 1. The van der Waals surface area contributed by atoms with Crippen molar-refractivity contribution in [3.8, 4) is 5.75 Å². The molecule has 1 unspecified atom stereocenters. The summed E-state index contributed by atoms with van der Waals surface area (Å²) in [6, 6.07) is 19.7. The number of carbonyl (C=O) groups excluding carboxylic acids is 2. The summed E-state index contributed by atoms with van der Waals surface area (Å²) in [6.07, 6.45) is 0.586. The highest BCUT2D eigenvalue weighted by Crippen LogP contribution is 2.40. The van der Waals surface area contributed by atoms with Crippen molar-refractivity contribution in [2.45, 2.75) is 26.3 Å². The van der Waals surface area contributed by atoms with E-state index in [0.29, 0.717) is 54.3 Å². The number of halogens is 1. The van der Waals surface area contributed by atoms with E-state index in [1.807, 2.05) is 38.1 Å². The number of Topliss-reactive ketones (excluding diaryl/α,β-unsaturated/α-hetero) is 1. The largest absolute Gasteiger partial charge is 0.494 e. The maximum absolute atomic E-state index is 14.0. The third-order valence-electron chi connectivity index (χ3n) is 6.26. The fourth-order valence-electron chi connectivity index (χ4n) is 4.43. The van der Waals surface area contributed by atoms with Gasteiger partial charge in [-0.3, -0.25) is 9.59 Å². The normalized spacial score (nSPS) is 15.3. The van der Waals surface area contributed by atoms with E-state index in [-0.39, 0.29) is 23.2 Å². The number of benzene rings is 3. The Morgan fingerprint density at radius 2 is 1.68 bits per heavy atom. The summed E-state index contributed by atoms with van der Waals surface area (Å²) in [6.45, 7) is 5.21. The van der Waals surface area contributed by atoms with Gasteiger partial charge in [0.05, 0.1) is 18.2 Å². The van der Waals surface area contributed by atoms with E-state index in [1.165, 1.54) is 12.1 Å². The number of rotatable bonds is 11. The molecular weight excluding hydrogens is 471 g/mol. The van der Waals surface area contributed by atoms with Crippen LogP contribution in [0.3, 0.4) is 0 Å². The van der Waals surface area contributed by atoms with Gasteiger partial charge in [0, 0.05) is 31.5 Å². The molecule has 0 bridgehead atoms. The van der Waals surface area contributed by atoms with E-state index >= 15 is 0 Å². The molecule has 3 aromatic rings. The van der Waals surface area contributed by atoms with Crippen molar-refractivity contribution >= 4 is 17.4 Å². The van der Waals surface area contributed by atoms with Gasteiger partial charge in [0.1, 0.15) is 17.3 Å². The first-order chi connectivity index (χ1) is 17.9. The van der Waals surface area contributed by atoms with E-state index in [0.717, 1.165) is 5.56 Å². The van der Waals surface area contributed by atoms with Crippen LogP contribution in [0.25, 0.3) is 0 Å². The van der Waals surface area contributed by atoms with Gasteiger partial charge in [0.2, 0.25) is 0 Å². The lowest BCUT2D eigenvalue weighted by atomic mass is 9.92. The lowest BCUT2D eigenvalue weighted by Gasteiger charge is -2.27. The van der Waals surface area contributed by atoms with Crippen molar-refractivity contribution in [1.82, 2.24) is 4.90 Å². The van der Waals surface area contributed by atoms with Gasteiger partial charge in [0.25, 0.3) is 5.91 Å². The Hall–Kier alpha value is -3.97. The van der Waals surface area contributed by atoms with Crippen molar-refractivity contribution in [3.63, 3.8) is 0 Å². The zero-order chi connectivity index (χ0) is 26.4. The number of hydrogen-bond acceptors (Lipinski definition) is 5. The first kappa shape index (κ1) is 26.1. The van der Waals surface area contributed by atoms with Crippen molar-refractivity contribution in [1.29, 1.82) is 0 Å². The maximum atomic E-state index is 14.0. The lowest BCUT2D eigenvalue weighted by molar-refractivity contribution is -0.127. The molecule has 0 fully saturated rings. The molecule has 7 heteroatoms. The quantitative estimate of drug-likeness (QED) is 0.269. The zero-order valence-electron chi connectivity index (χ0n) is 21.3. The Morgan fingerprint density at radius 3 is 2.30 bits per heavy atom. The molecule has 1 aliphatic rings. The minimum atomic E-state index is -0.683. The van der Waals surface area contributed by atoms with Gasteiger partial charge in [0.15, 0.2) is 5.78 Å². The third-order valence-corrected chi connectivity index (χ3v) is 6.26. The summed E-state index contributed by atoms with van der Waals surface area (Å²) in [4.78, 5) is 29.5. The number of nitrogens with one attached hydrogen (secondary N) is 1. The van der Waals surface area contributed by atoms with E-state index in [2.05, 4.69) is 5.32 Å². The first-order valence-electron chi connectivity index (χ1n) is 12.3. The molecule has 0 spiro atoms. The highest BCUT2D eigenvalue weighted by molar-refractivity contribution is 6.18. The molecule has 192 valence electrons. The molecule has 0 saturated carbocycles. The summed E-state index contributed by atoms with van der Waals surface area (Å²) in [5.74, 6) is -0.306. The summed E-state index contributed by atoms with van der Waals surface area (Å²) in [5, 5.41) is 3.22. The number of carbonyl (C=O) groups is 2. The van der Waals surface area contributed by atoms with Gasteiger partial charge in [-0.15, -0.1) is 0 Å². The number of methoxy groups -OCH3 is 1. The predicted octanol–water partition coefficient (Wildman–Crippen LogP) is 5.70. The van der Waals surface area contributed by atoms with Crippen LogP contribution in [0.4, 0.5) is 10.1 Å². The van der Waals surface area contributed by atoms with Gasteiger partial charge < -0.3 is 19.7 Å². The van der Waals surface area contributed by atoms with Crippen molar-refractivity contribution in [3.05, 3.63) is 107 Å². The van der Waals surface area contributed by atoms with E-state index in [9.17, 15) is 14.0 Å². The van der Waals surface area contributed by atoms with Crippen molar-refractivity contribution < 1.29 is 23.5 Å². The standard InChI is InChI=1S/C30H31FN2O4/c1-4-37-25-16-10-22(11-17-25)29(34)26-27(32-24-14-6-20(2)7-15-24)30(35)33(18-5-19-36-3)28(26)21-8-12-23(31)13-9-21/h6-17,28,32H,4-5,18-19H2,1-3H3. The Morgan fingerprint density at radius 1 is 1.00 bits per heavy atom. The highest BCUT2D eigenvalue weighted by atomic mass is 19.1. The van der Waals surface area contributed by atoms with E-state index in [1.54, 1.807) is 48.4 Å². The molecule has 0 saturated heterocycles. The highest BCUT2D eigenvalue weighted by Gasteiger charge is 2.43. The number of ketones is 1. The van der Waals surface area contributed by atoms with Gasteiger partial charge in [-0.1, -0.05) is 29.8 Å². The number of aryl methyl sites for hydroxylation is 1. The molecule has 37 heavy (non-hydrogen) atoms. The summed E-state index contributed by atoms with van der Waals surface area (Å²) in [5.41, 5.74) is 3.39. The second-order valence-electron chi connectivity index (χ2n) is 8.87. The molecule has 6 nitrogen and oxygen atoms in total. The average Bonchev–Trinajstić information content (AvgIpc) is 3.17. The second kappa shape index (κ2) is 11.8. The van der Waals surface area contributed by atoms with Crippen LogP contribution in [0.1, 0.15) is 40.9 Å². The summed E-state index contributed by atoms with van der Waals surface area (Å²) in [7, 11) is 1.60. The number of ether oxygens (including phenoxy) is 2. The fraction of sp³-hybridized carbons (Fsp3) is 0.267. The maximum Gasteiger partial charge on any atom is 0.271 e. The minimum absolute atomic E-state index is 0.217. The predicted molar refractivity (Wildman–Crippen MR) is 141 cm³/mol. The Balaban J connectivity index is 1.82. The van der Waals surface area contributed by atoms with E-state index < -0.39 is 6.04 Å². The summed E-state index contributed by atoms with van der Waals surface area (Å²) < 4.78 is 24.5. The van der Waals surface area contributed by atoms with Gasteiger partial charge in [-0.05, 0) is 74.4 Å². The van der Waals surface area contributed by atoms with Crippen LogP contribution in [0.5, 0.6) is 5.75 Å². The molecule has 1 heterocycles. The Bertz CT molecular complexity index is 1270.